The number of hydrogen-bond donors (Lipinski definition) is 3. The summed E-state index contributed by atoms with van der Waals surface area (Å²) < 4.78 is 12.9. The van der Waals surface area contributed by atoms with Gasteiger partial charge in [-0.15, -0.1) is 0 Å². The first-order valence-corrected chi connectivity index (χ1v) is 5.45. The summed E-state index contributed by atoms with van der Waals surface area (Å²) in [5, 5.41) is 30.2. The highest BCUT2D eigenvalue weighted by atomic mass is 19.1. The number of aliphatic carboxylic acids is 1. The van der Waals surface area contributed by atoms with E-state index in [-0.39, 0.29) is 6.42 Å². The van der Waals surface area contributed by atoms with Crippen molar-refractivity contribution in [2.75, 3.05) is 6.61 Å². The number of carbonyl (C=O) groups excluding carboxylic acids is 1. The molecule has 0 radical (unpaired) electrons. The fourth-order valence-electron chi connectivity index (χ4n) is 1.47. The highest BCUT2D eigenvalue weighted by Crippen LogP contribution is 2.19. The number of nitrogens with one attached hydrogen (secondary N) is 1. The Morgan fingerprint density at radius 2 is 2.10 bits per heavy atom. The van der Waals surface area contributed by atoms with Crippen LogP contribution in [0.15, 0.2) is 18.2 Å². The van der Waals surface area contributed by atoms with E-state index in [2.05, 4.69) is 0 Å². The van der Waals surface area contributed by atoms with E-state index in [1.165, 1.54) is 0 Å². The molecule has 0 spiro atoms. The molecule has 0 saturated heterocycles. The monoisotopic (exact) mass is 286 g/mol. The molecular formula is C11H11FN2O6. The summed E-state index contributed by atoms with van der Waals surface area (Å²) in [5.41, 5.74) is -1.23. The average molecular weight is 286 g/mol. The molecule has 0 saturated carbocycles. The molecule has 8 nitrogen and oxygen atoms in total. The minimum absolute atomic E-state index is 0.254. The van der Waals surface area contributed by atoms with E-state index >= 15 is 0 Å². The second-order valence-electron chi connectivity index (χ2n) is 3.80. The molecule has 3 N–H and O–H groups in total. The highest BCUT2D eigenvalue weighted by molar-refractivity contribution is 5.99. The fourth-order valence-corrected chi connectivity index (χ4v) is 1.47. The molecule has 0 aliphatic heterocycles. The van der Waals surface area contributed by atoms with E-state index in [0.717, 1.165) is 12.1 Å². The third kappa shape index (κ3) is 3.72. The maximum absolute atomic E-state index is 12.9. The molecule has 0 aliphatic carbocycles. The predicted octanol–water partition coefficient (Wildman–Crippen LogP) is 0.299. The van der Waals surface area contributed by atoms with Crippen molar-refractivity contribution in [3.8, 4) is 0 Å². The lowest BCUT2D eigenvalue weighted by atomic mass is 10.1. The van der Waals surface area contributed by atoms with Crippen molar-refractivity contribution in [3.05, 3.63) is 39.7 Å². The Balaban J connectivity index is 3.03. The molecule has 0 aromatic heterocycles. The van der Waals surface area contributed by atoms with Gasteiger partial charge in [0.1, 0.15) is 17.4 Å². The average Bonchev–Trinajstić information content (AvgIpc) is 2.37. The molecule has 20 heavy (non-hydrogen) atoms. The number of nitrogens with zero attached hydrogens (tertiary/aromatic N) is 1. The van der Waals surface area contributed by atoms with Crippen LogP contribution in [0.25, 0.3) is 0 Å². The summed E-state index contributed by atoms with van der Waals surface area (Å²) in [4.78, 5) is 32.4. The third-order valence-corrected chi connectivity index (χ3v) is 2.42. The maximum atomic E-state index is 12.9. The van der Waals surface area contributed by atoms with Crippen molar-refractivity contribution in [1.29, 1.82) is 0 Å². The number of carboxylic acid groups (broad SMARTS) is 1. The molecule has 1 atom stereocenters. The zero-order chi connectivity index (χ0) is 15.3. The van der Waals surface area contributed by atoms with Crippen molar-refractivity contribution < 1.29 is 29.1 Å². The van der Waals surface area contributed by atoms with Gasteiger partial charge in [-0.1, -0.05) is 0 Å². The summed E-state index contributed by atoms with van der Waals surface area (Å²) in [6.45, 7) is -0.483. The summed E-state index contributed by atoms with van der Waals surface area (Å²) in [7, 11) is 0. The first-order chi connectivity index (χ1) is 9.36. The van der Waals surface area contributed by atoms with E-state index in [1.807, 2.05) is 5.32 Å². The van der Waals surface area contributed by atoms with Crippen LogP contribution in [-0.2, 0) is 4.79 Å². The van der Waals surface area contributed by atoms with Gasteiger partial charge in [-0.05, 0) is 12.1 Å². The highest BCUT2D eigenvalue weighted by Gasteiger charge is 2.25. The fraction of sp³-hybridized carbons (Fsp3) is 0.273. The Hall–Kier alpha value is -2.55. The number of carbonyl (C=O) groups is 2. The number of aliphatic hydroxyl groups is 1. The van der Waals surface area contributed by atoms with Gasteiger partial charge in [-0.25, -0.2) is 9.18 Å². The molecule has 1 aromatic carbocycles. The quantitative estimate of drug-likeness (QED) is 0.509. The van der Waals surface area contributed by atoms with Crippen molar-refractivity contribution in [3.63, 3.8) is 0 Å². The van der Waals surface area contributed by atoms with Gasteiger partial charge in [-0.2, -0.15) is 0 Å². The summed E-state index contributed by atoms with van der Waals surface area (Å²) in [5.74, 6) is -3.31. The second kappa shape index (κ2) is 6.57. The SMILES string of the molecule is O=C(N[C@H](CCO)C(=O)O)c1ccc(F)cc1[N+](=O)[O-]. The Kier molecular flexibility index (Phi) is 5.09. The molecule has 0 unspecified atom stereocenters. The second-order valence-corrected chi connectivity index (χ2v) is 3.80. The molecule has 9 heteroatoms. The first-order valence-electron chi connectivity index (χ1n) is 5.45. The molecule has 1 amide bonds. The number of amides is 1. The third-order valence-electron chi connectivity index (χ3n) is 2.42. The van der Waals surface area contributed by atoms with Gasteiger partial charge < -0.3 is 15.5 Å². The van der Waals surface area contributed by atoms with E-state index in [0.29, 0.717) is 6.07 Å². The first kappa shape index (κ1) is 15.5. The number of rotatable bonds is 6. The van der Waals surface area contributed by atoms with Gasteiger partial charge in [0.05, 0.1) is 11.0 Å². The maximum Gasteiger partial charge on any atom is 0.326 e. The van der Waals surface area contributed by atoms with Gasteiger partial charge >= 0.3 is 5.97 Å². The molecular weight excluding hydrogens is 275 g/mol. The summed E-state index contributed by atoms with van der Waals surface area (Å²) in [6, 6.07) is 0.915. The Labute approximate surface area is 112 Å². The normalized spacial score (nSPS) is 11.7. The topological polar surface area (TPSA) is 130 Å². The molecule has 108 valence electrons. The van der Waals surface area contributed by atoms with Crippen LogP contribution in [0.1, 0.15) is 16.8 Å². The zero-order valence-electron chi connectivity index (χ0n) is 10.1. The van der Waals surface area contributed by atoms with Crippen molar-refractivity contribution in [1.82, 2.24) is 5.32 Å². The lowest BCUT2D eigenvalue weighted by Gasteiger charge is -2.13. The van der Waals surface area contributed by atoms with Crippen LogP contribution in [-0.4, -0.2) is 39.7 Å². The molecule has 1 aromatic rings. The van der Waals surface area contributed by atoms with Crippen LogP contribution >= 0.6 is 0 Å². The van der Waals surface area contributed by atoms with Gasteiger partial charge in [0.15, 0.2) is 0 Å². The van der Waals surface area contributed by atoms with Gasteiger partial charge in [-0.3, -0.25) is 14.9 Å². The van der Waals surface area contributed by atoms with Crippen LogP contribution in [0.5, 0.6) is 0 Å². The number of carboxylic acids is 1. The Bertz CT molecular complexity index is 548. The molecule has 0 aliphatic rings. The van der Waals surface area contributed by atoms with Crippen LogP contribution in [0.4, 0.5) is 10.1 Å². The molecule has 0 heterocycles. The Morgan fingerprint density at radius 3 is 2.60 bits per heavy atom. The zero-order valence-corrected chi connectivity index (χ0v) is 10.1. The van der Waals surface area contributed by atoms with E-state index in [9.17, 15) is 24.1 Å². The van der Waals surface area contributed by atoms with Gasteiger partial charge in [0.25, 0.3) is 11.6 Å². The van der Waals surface area contributed by atoms with Crippen LogP contribution in [0, 0.1) is 15.9 Å². The molecule has 0 bridgehead atoms. The molecule has 0 fully saturated rings. The van der Waals surface area contributed by atoms with Crippen LogP contribution in [0.3, 0.4) is 0 Å². The lowest BCUT2D eigenvalue weighted by Crippen LogP contribution is -2.41. The number of benzene rings is 1. The van der Waals surface area contributed by atoms with E-state index in [1.54, 1.807) is 0 Å². The smallest absolute Gasteiger partial charge is 0.326 e. The van der Waals surface area contributed by atoms with Crippen LogP contribution in [0.2, 0.25) is 0 Å². The number of aliphatic hydroxyl groups excluding tert-OH is 1. The van der Waals surface area contributed by atoms with E-state index in [4.69, 9.17) is 10.2 Å². The lowest BCUT2D eigenvalue weighted by molar-refractivity contribution is -0.385. The van der Waals surface area contributed by atoms with E-state index < -0.39 is 46.5 Å². The number of halogens is 1. The van der Waals surface area contributed by atoms with Crippen molar-refractivity contribution in [2.24, 2.45) is 0 Å². The van der Waals surface area contributed by atoms with Crippen LogP contribution < -0.4 is 5.32 Å². The Morgan fingerprint density at radius 1 is 1.45 bits per heavy atom. The molecule has 1 rings (SSSR count). The number of nitro benzene ring substituents is 1. The van der Waals surface area contributed by atoms with Crippen molar-refractivity contribution in [2.45, 2.75) is 12.5 Å². The van der Waals surface area contributed by atoms with Gasteiger partial charge in [0.2, 0.25) is 0 Å². The van der Waals surface area contributed by atoms with Gasteiger partial charge in [0, 0.05) is 13.0 Å². The minimum atomic E-state index is -1.39. The predicted molar refractivity (Wildman–Crippen MR) is 63.6 cm³/mol. The number of hydrogen-bond acceptors (Lipinski definition) is 5. The summed E-state index contributed by atoms with van der Waals surface area (Å²) >= 11 is 0. The largest absolute Gasteiger partial charge is 0.480 e. The van der Waals surface area contributed by atoms with Crippen molar-refractivity contribution >= 4 is 17.6 Å². The summed E-state index contributed by atoms with van der Waals surface area (Å²) in [6.07, 6.45) is -0.254. The number of nitro groups is 1. The minimum Gasteiger partial charge on any atom is -0.480 e. The standard InChI is InChI=1S/C11H11FN2O6/c12-6-1-2-7(9(5-6)14(19)20)10(16)13-8(3-4-15)11(17)18/h1-2,5,8,15H,3-4H2,(H,13,16)(H,17,18)/t8-/m1/s1.